The fourth-order valence-electron chi connectivity index (χ4n) is 2.28. The van der Waals surface area contributed by atoms with Gasteiger partial charge in [-0.1, -0.05) is 20.8 Å². The van der Waals surface area contributed by atoms with Crippen LogP contribution in [-0.2, 0) is 47.4 Å². The van der Waals surface area contributed by atoms with Crippen LogP contribution in [0.5, 0.6) is 0 Å². The van der Waals surface area contributed by atoms with Crippen LogP contribution in [0.15, 0.2) is 0 Å². The molecule has 0 radical (unpaired) electrons. The van der Waals surface area contributed by atoms with E-state index in [4.69, 9.17) is 47.4 Å². The molecule has 0 aliphatic carbocycles. The SMILES string of the molecule is COCCOCCOCCOCCOCCOCCOCCOCCOCCOCC(C)(C)C. The van der Waals surface area contributed by atoms with Gasteiger partial charge >= 0.3 is 0 Å². The van der Waals surface area contributed by atoms with Crippen LogP contribution < -0.4 is 0 Å². The molecule has 0 saturated carbocycles. The van der Waals surface area contributed by atoms with E-state index in [2.05, 4.69) is 20.8 Å². The Morgan fingerprint density at radius 3 is 0.735 bits per heavy atom. The molecular weight excluding hydrogens is 448 g/mol. The smallest absolute Gasteiger partial charge is 0.0701 e. The van der Waals surface area contributed by atoms with Gasteiger partial charge in [0.15, 0.2) is 0 Å². The first-order valence-electron chi connectivity index (χ1n) is 12.2. The zero-order valence-corrected chi connectivity index (χ0v) is 22.0. The van der Waals surface area contributed by atoms with E-state index in [1.54, 1.807) is 7.11 Å². The summed E-state index contributed by atoms with van der Waals surface area (Å²) in [5, 5.41) is 0. The molecule has 0 aliphatic heterocycles. The van der Waals surface area contributed by atoms with Crippen LogP contribution in [0.2, 0.25) is 0 Å². The minimum absolute atomic E-state index is 0.189. The molecule has 0 rings (SSSR count). The van der Waals surface area contributed by atoms with Gasteiger partial charge in [0.05, 0.1) is 126 Å². The van der Waals surface area contributed by atoms with Crippen molar-refractivity contribution in [3.8, 4) is 0 Å². The predicted molar refractivity (Wildman–Crippen MR) is 129 cm³/mol. The molecule has 34 heavy (non-hydrogen) atoms. The van der Waals surface area contributed by atoms with E-state index in [0.717, 1.165) is 6.61 Å². The van der Waals surface area contributed by atoms with Crippen molar-refractivity contribution < 1.29 is 47.4 Å². The minimum atomic E-state index is 0.189. The normalized spacial score (nSPS) is 12.0. The molecule has 0 aromatic heterocycles. The van der Waals surface area contributed by atoms with Gasteiger partial charge < -0.3 is 47.4 Å². The Balaban J connectivity index is 3.03. The highest BCUT2D eigenvalue weighted by atomic mass is 16.6. The quantitative estimate of drug-likeness (QED) is 0.149. The molecule has 0 saturated heterocycles. The van der Waals surface area contributed by atoms with Gasteiger partial charge in [-0.05, 0) is 5.41 Å². The van der Waals surface area contributed by atoms with Crippen LogP contribution >= 0.6 is 0 Å². The van der Waals surface area contributed by atoms with Gasteiger partial charge in [0.1, 0.15) is 0 Å². The Morgan fingerprint density at radius 1 is 0.324 bits per heavy atom. The second-order valence-electron chi connectivity index (χ2n) is 8.51. The molecule has 10 heteroatoms. The van der Waals surface area contributed by atoms with Crippen molar-refractivity contribution in [2.24, 2.45) is 5.41 Å². The lowest BCUT2D eigenvalue weighted by molar-refractivity contribution is -0.0272. The molecule has 0 aromatic rings. The van der Waals surface area contributed by atoms with Crippen LogP contribution in [0.25, 0.3) is 0 Å². The second kappa shape index (κ2) is 27.2. The minimum Gasteiger partial charge on any atom is -0.382 e. The molecule has 0 bridgehead atoms. The molecule has 0 aromatic carbocycles. The first kappa shape index (κ1) is 33.6. The van der Waals surface area contributed by atoms with Crippen molar-refractivity contribution >= 4 is 0 Å². The van der Waals surface area contributed by atoms with Crippen LogP contribution in [0.1, 0.15) is 20.8 Å². The first-order valence-corrected chi connectivity index (χ1v) is 12.2. The number of ether oxygens (including phenoxy) is 10. The third-order valence-corrected chi connectivity index (χ3v) is 3.94. The van der Waals surface area contributed by atoms with Gasteiger partial charge in [0, 0.05) is 7.11 Å². The summed E-state index contributed by atoms with van der Waals surface area (Å²) in [5.74, 6) is 0. The molecular formula is C24H50O10. The summed E-state index contributed by atoms with van der Waals surface area (Å²) in [4.78, 5) is 0. The van der Waals surface area contributed by atoms with Gasteiger partial charge in [0.2, 0.25) is 0 Å². The summed E-state index contributed by atoms with van der Waals surface area (Å²) in [7, 11) is 1.65. The second-order valence-corrected chi connectivity index (χ2v) is 8.51. The molecule has 0 amide bonds. The predicted octanol–water partition coefficient (Wildman–Crippen LogP) is 1.83. The molecule has 0 N–H and O–H groups in total. The molecule has 0 unspecified atom stereocenters. The van der Waals surface area contributed by atoms with Gasteiger partial charge in [-0.15, -0.1) is 0 Å². The number of hydrogen-bond acceptors (Lipinski definition) is 10. The highest BCUT2D eigenvalue weighted by molar-refractivity contribution is 4.58. The maximum absolute atomic E-state index is 5.53. The highest BCUT2D eigenvalue weighted by Crippen LogP contribution is 2.12. The molecule has 0 heterocycles. The van der Waals surface area contributed by atoms with Gasteiger partial charge in [-0.2, -0.15) is 0 Å². The molecule has 206 valence electrons. The van der Waals surface area contributed by atoms with E-state index < -0.39 is 0 Å². The number of rotatable bonds is 28. The summed E-state index contributed by atoms with van der Waals surface area (Å²) in [6.07, 6.45) is 0. The van der Waals surface area contributed by atoms with Crippen molar-refractivity contribution in [1.29, 1.82) is 0 Å². The Morgan fingerprint density at radius 2 is 0.529 bits per heavy atom. The van der Waals surface area contributed by atoms with Gasteiger partial charge in [0.25, 0.3) is 0 Å². The standard InChI is InChI=1S/C24H50O10/c1-24(2,3)23-34-22-21-33-20-19-32-18-17-31-16-15-30-14-13-29-12-11-28-10-9-27-8-7-26-6-5-25-4/h5-23H2,1-4H3. The van der Waals surface area contributed by atoms with Gasteiger partial charge in [-0.25, -0.2) is 0 Å². The lowest BCUT2D eigenvalue weighted by atomic mass is 9.99. The van der Waals surface area contributed by atoms with Crippen LogP contribution in [0, 0.1) is 5.41 Å². The zero-order chi connectivity index (χ0) is 25.0. The van der Waals surface area contributed by atoms with Crippen LogP contribution in [0.3, 0.4) is 0 Å². The number of hydrogen-bond donors (Lipinski definition) is 0. The molecule has 0 spiro atoms. The third-order valence-electron chi connectivity index (χ3n) is 3.94. The van der Waals surface area contributed by atoms with E-state index in [9.17, 15) is 0 Å². The summed E-state index contributed by atoms with van der Waals surface area (Å²) >= 11 is 0. The lowest BCUT2D eigenvalue weighted by Gasteiger charge is -2.17. The Hall–Kier alpha value is -0.400. The molecule has 0 fully saturated rings. The van der Waals surface area contributed by atoms with E-state index in [1.807, 2.05) is 0 Å². The summed E-state index contributed by atoms with van der Waals surface area (Å²) < 4.78 is 53.8. The van der Waals surface area contributed by atoms with Crippen molar-refractivity contribution in [2.45, 2.75) is 20.8 Å². The van der Waals surface area contributed by atoms with Gasteiger partial charge in [-0.3, -0.25) is 0 Å². The van der Waals surface area contributed by atoms with Crippen molar-refractivity contribution in [1.82, 2.24) is 0 Å². The van der Waals surface area contributed by atoms with E-state index in [1.165, 1.54) is 0 Å². The van der Waals surface area contributed by atoms with Crippen molar-refractivity contribution in [2.75, 3.05) is 133 Å². The third kappa shape index (κ3) is 31.6. The Bertz CT molecular complexity index is 379. The first-order chi connectivity index (χ1) is 16.6. The average molecular weight is 499 g/mol. The lowest BCUT2D eigenvalue weighted by Crippen LogP contribution is -2.17. The van der Waals surface area contributed by atoms with Crippen molar-refractivity contribution in [3.63, 3.8) is 0 Å². The zero-order valence-electron chi connectivity index (χ0n) is 22.0. The van der Waals surface area contributed by atoms with Crippen molar-refractivity contribution in [3.05, 3.63) is 0 Å². The summed E-state index contributed by atoms with van der Waals surface area (Å²) in [5.41, 5.74) is 0.189. The average Bonchev–Trinajstić information content (AvgIpc) is 2.80. The monoisotopic (exact) mass is 498 g/mol. The van der Waals surface area contributed by atoms with E-state index >= 15 is 0 Å². The maximum atomic E-state index is 5.53. The molecule has 0 atom stereocenters. The fraction of sp³-hybridized carbons (Fsp3) is 1.00. The fourth-order valence-corrected chi connectivity index (χ4v) is 2.28. The van der Waals surface area contributed by atoms with E-state index in [-0.39, 0.29) is 5.41 Å². The maximum Gasteiger partial charge on any atom is 0.0701 e. The summed E-state index contributed by atoms with van der Waals surface area (Å²) in [6.45, 7) is 17.2. The number of methoxy groups -OCH3 is 1. The summed E-state index contributed by atoms with van der Waals surface area (Å²) in [6, 6.07) is 0. The van der Waals surface area contributed by atoms with Crippen LogP contribution in [-0.4, -0.2) is 133 Å². The highest BCUT2D eigenvalue weighted by Gasteiger charge is 2.09. The Kier molecular flexibility index (Phi) is 26.9. The van der Waals surface area contributed by atoms with Crippen LogP contribution in [0.4, 0.5) is 0 Å². The molecule has 10 nitrogen and oxygen atoms in total. The van der Waals surface area contributed by atoms with E-state index in [0.29, 0.717) is 119 Å². The topological polar surface area (TPSA) is 92.3 Å². The largest absolute Gasteiger partial charge is 0.382 e. The Labute approximate surface area is 206 Å². The molecule has 0 aliphatic rings.